The van der Waals surface area contributed by atoms with E-state index in [2.05, 4.69) is 16.9 Å². The van der Waals surface area contributed by atoms with Crippen LogP contribution in [-0.4, -0.2) is 35.9 Å². The number of hydrogen-bond acceptors (Lipinski definition) is 4. The Morgan fingerprint density at radius 2 is 1.81 bits per heavy atom. The van der Waals surface area contributed by atoms with Crippen LogP contribution >= 0.6 is 0 Å². The third-order valence-corrected chi connectivity index (χ3v) is 6.28. The highest BCUT2D eigenvalue weighted by Crippen LogP contribution is 2.32. The van der Waals surface area contributed by atoms with Crippen molar-refractivity contribution in [3.05, 3.63) is 65.4 Å². The molecule has 0 aliphatic heterocycles. The van der Waals surface area contributed by atoms with Crippen molar-refractivity contribution in [1.29, 1.82) is 0 Å². The van der Waals surface area contributed by atoms with Gasteiger partial charge < -0.3 is 9.72 Å². The summed E-state index contributed by atoms with van der Waals surface area (Å²) in [5, 5.41) is 1.13. The summed E-state index contributed by atoms with van der Waals surface area (Å²) in [4.78, 5) is 33.6. The first kappa shape index (κ1) is 21.0. The van der Waals surface area contributed by atoms with E-state index in [1.165, 1.54) is 5.56 Å². The number of methoxy groups -OCH3 is 1. The fourth-order valence-corrected chi connectivity index (χ4v) is 4.65. The number of fused-ring (bicyclic) bond motifs is 1. The highest BCUT2D eigenvalue weighted by molar-refractivity contribution is 6.22. The second-order valence-electron chi connectivity index (χ2n) is 8.29. The second kappa shape index (κ2) is 8.88. The summed E-state index contributed by atoms with van der Waals surface area (Å²) in [6, 6.07) is 15.8. The molecule has 4 rings (SSSR count). The molecule has 2 aromatic carbocycles. The third kappa shape index (κ3) is 4.31. The van der Waals surface area contributed by atoms with E-state index in [4.69, 9.17) is 4.74 Å². The average Bonchev–Trinajstić information content (AvgIpc) is 3.08. The van der Waals surface area contributed by atoms with Crippen molar-refractivity contribution in [3.8, 4) is 5.75 Å². The Balaban J connectivity index is 1.46. The molecule has 1 aliphatic carbocycles. The van der Waals surface area contributed by atoms with Crippen LogP contribution in [0.15, 0.2) is 53.5 Å². The minimum atomic E-state index is -0.691. The zero-order chi connectivity index (χ0) is 22.0. The maximum atomic E-state index is 12.8. The van der Waals surface area contributed by atoms with E-state index in [1.807, 2.05) is 55.5 Å². The normalized spacial score (nSPS) is 19.8. The Morgan fingerprint density at radius 3 is 2.48 bits per heavy atom. The number of aromatic amines is 1. The third-order valence-electron chi connectivity index (χ3n) is 6.28. The van der Waals surface area contributed by atoms with E-state index in [9.17, 15) is 9.59 Å². The smallest absolute Gasteiger partial charge is 0.149 e. The Morgan fingerprint density at radius 1 is 1.10 bits per heavy atom. The standard InChI is InChI=1S/C26H28N2O3/c1-16-21(22-15-20(31-3)9-10-23(22)28-16)11-12-27-17(2)26-24(29)13-19(14-25(26)30)18-7-5-4-6-8-18/h4-10,15,19,26,28H,11-14H2,1-3H3. The van der Waals surface area contributed by atoms with Crippen LogP contribution in [0.5, 0.6) is 5.75 Å². The molecule has 0 amide bonds. The number of rotatable bonds is 6. The summed E-state index contributed by atoms with van der Waals surface area (Å²) in [6.07, 6.45) is 1.53. The van der Waals surface area contributed by atoms with Crippen LogP contribution < -0.4 is 4.74 Å². The van der Waals surface area contributed by atoms with Crippen LogP contribution in [0.1, 0.15) is 42.5 Å². The van der Waals surface area contributed by atoms with E-state index in [0.717, 1.165) is 34.3 Å². The number of hydrogen-bond donors (Lipinski definition) is 1. The van der Waals surface area contributed by atoms with Crippen molar-refractivity contribution in [2.24, 2.45) is 10.9 Å². The maximum Gasteiger partial charge on any atom is 0.149 e. The fraction of sp³-hybridized carbons (Fsp3) is 0.346. The molecule has 5 heteroatoms. The molecule has 0 spiro atoms. The van der Waals surface area contributed by atoms with E-state index >= 15 is 0 Å². The number of aromatic nitrogens is 1. The molecule has 1 saturated carbocycles. The summed E-state index contributed by atoms with van der Waals surface area (Å²) in [6.45, 7) is 4.40. The van der Waals surface area contributed by atoms with E-state index in [0.29, 0.717) is 25.1 Å². The van der Waals surface area contributed by atoms with Crippen molar-refractivity contribution in [3.63, 3.8) is 0 Å². The molecule has 0 atom stereocenters. The topological polar surface area (TPSA) is 71.5 Å². The summed E-state index contributed by atoms with van der Waals surface area (Å²) in [5.41, 5.74) is 5.06. The molecular weight excluding hydrogens is 388 g/mol. The predicted molar refractivity (Wildman–Crippen MR) is 123 cm³/mol. The average molecular weight is 417 g/mol. The van der Waals surface area contributed by atoms with Gasteiger partial charge in [-0.15, -0.1) is 0 Å². The number of carbonyl (C=O) groups excluding carboxylic acids is 2. The van der Waals surface area contributed by atoms with Crippen molar-refractivity contribution >= 4 is 28.2 Å². The van der Waals surface area contributed by atoms with Gasteiger partial charge in [-0.05, 0) is 55.5 Å². The molecule has 3 aromatic rings. The number of nitrogens with zero attached hydrogens (tertiary/aromatic N) is 1. The Bertz CT molecular complexity index is 1130. The second-order valence-corrected chi connectivity index (χ2v) is 8.29. The fourth-order valence-electron chi connectivity index (χ4n) is 4.65. The molecule has 1 fully saturated rings. The van der Waals surface area contributed by atoms with Gasteiger partial charge in [0.15, 0.2) is 0 Å². The molecular formula is C26H28N2O3. The molecule has 1 aromatic heterocycles. The number of aryl methyl sites for hydroxylation is 1. The van der Waals surface area contributed by atoms with Gasteiger partial charge >= 0.3 is 0 Å². The molecule has 160 valence electrons. The van der Waals surface area contributed by atoms with Crippen LogP contribution in [-0.2, 0) is 16.0 Å². The Labute approximate surface area is 182 Å². The lowest BCUT2D eigenvalue weighted by molar-refractivity contribution is -0.133. The van der Waals surface area contributed by atoms with Crippen molar-refractivity contribution in [1.82, 2.24) is 4.98 Å². The van der Waals surface area contributed by atoms with Crippen molar-refractivity contribution in [2.45, 2.75) is 39.0 Å². The molecule has 0 radical (unpaired) electrons. The van der Waals surface area contributed by atoms with Crippen LogP contribution in [0.25, 0.3) is 10.9 Å². The number of H-pyrrole nitrogens is 1. The number of ketones is 2. The molecule has 0 unspecified atom stereocenters. The lowest BCUT2D eigenvalue weighted by Crippen LogP contribution is -2.37. The molecule has 1 aliphatic rings. The minimum Gasteiger partial charge on any atom is -0.497 e. The quantitative estimate of drug-likeness (QED) is 0.463. The van der Waals surface area contributed by atoms with Gasteiger partial charge in [-0.3, -0.25) is 14.6 Å². The van der Waals surface area contributed by atoms with Crippen LogP contribution in [0.3, 0.4) is 0 Å². The zero-order valence-corrected chi connectivity index (χ0v) is 18.3. The summed E-state index contributed by atoms with van der Waals surface area (Å²) >= 11 is 0. The van der Waals surface area contributed by atoms with E-state index < -0.39 is 5.92 Å². The van der Waals surface area contributed by atoms with E-state index in [-0.39, 0.29) is 17.5 Å². The monoisotopic (exact) mass is 416 g/mol. The first-order valence-electron chi connectivity index (χ1n) is 10.7. The molecule has 0 bridgehead atoms. The van der Waals surface area contributed by atoms with Crippen molar-refractivity contribution < 1.29 is 14.3 Å². The summed E-state index contributed by atoms with van der Waals surface area (Å²) in [5.74, 6) is 0.0794. The van der Waals surface area contributed by atoms with Gasteiger partial charge in [-0.25, -0.2) is 0 Å². The molecule has 1 heterocycles. The Hall–Kier alpha value is -3.21. The number of ether oxygens (including phenoxy) is 1. The summed E-state index contributed by atoms with van der Waals surface area (Å²) in [7, 11) is 1.66. The van der Waals surface area contributed by atoms with Crippen LogP contribution in [0, 0.1) is 12.8 Å². The number of benzene rings is 2. The maximum absolute atomic E-state index is 12.8. The van der Waals surface area contributed by atoms with Gasteiger partial charge in [0.25, 0.3) is 0 Å². The van der Waals surface area contributed by atoms with Gasteiger partial charge in [0, 0.05) is 41.7 Å². The first-order chi connectivity index (χ1) is 15.0. The lowest BCUT2D eigenvalue weighted by atomic mass is 9.75. The van der Waals surface area contributed by atoms with Gasteiger partial charge in [0.1, 0.15) is 23.2 Å². The number of aliphatic imine (C=N–C) groups is 1. The highest BCUT2D eigenvalue weighted by atomic mass is 16.5. The van der Waals surface area contributed by atoms with Gasteiger partial charge in [-0.2, -0.15) is 0 Å². The summed E-state index contributed by atoms with van der Waals surface area (Å²) < 4.78 is 5.36. The highest BCUT2D eigenvalue weighted by Gasteiger charge is 2.37. The zero-order valence-electron chi connectivity index (χ0n) is 18.3. The molecule has 31 heavy (non-hydrogen) atoms. The van der Waals surface area contributed by atoms with Crippen LogP contribution in [0.2, 0.25) is 0 Å². The number of Topliss-reactive ketones (excluding diaryl/α,β-unsaturated/α-hetero) is 2. The van der Waals surface area contributed by atoms with Gasteiger partial charge in [0.2, 0.25) is 0 Å². The van der Waals surface area contributed by atoms with E-state index in [1.54, 1.807) is 7.11 Å². The Kier molecular flexibility index (Phi) is 6.03. The first-order valence-corrected chi connectivity index (χ1v) is 10.7. The number of carbonyl (C=O) groups is 2. The molecule has 1 N–H and O–H groups in total. The lowest BCUT2D eigenvalue weighted by Gasteiger charge is -2.26. The largest absolute Gasteiger partial charge is 0.497 e. The number of nitrogens with one attached hydrogen (secondary N) is 1. The van der Waals surface area contributed by atoms with Crippen LogP contribution in [0.4, 0.5) is 0 Å². The van der Waals surface area contributed by atoms with Gasteiger partial charge in [-0.1, -0.05) is 30.3 Å². The minimum absolute atomic E-state index is 0.0145. The predicted octanol–water partition coefficient (Wildman–Crippen LogP) is 4.82. The van der Waals surface area contributed by atoms with Crippen molar-refractivity contribution in [2.75, 3.05) is 13.7 Å². The SMILES string of the molecule is COc1ccc2[nH]c(C)c(CCN=C(C)C3C(=O)CC(c4ccccc4)CC3=O)c2c1. The molecule has 5 nitrogen and oxygen atoms in total. The van der Waals surface area contributed by atoms with Gasteiger partial charge in [0.05, 0.1) is 7.11 Å². The molecule has 0 saturated heterocycles.